The zero-order valence-electron chi connectivity index (χ0n) is 19.5. The third-order valence-electron chi connectivity index (χ3n) is 5.70. The van der Waals surface area contributed by atoms with Gasteiger partial charge in [0.15, 0.2) is 12.2 Å². The Balaban J connectivity index is 1.64. The molecular formula is C30H28O5. The lowest BCUT2D eigenvalue weighted by Gasteiger charge is -2.29. The maximum atomic E-state index is 13.1. The Kier molecular flexibility index (Phi) is 8.28. The zero-order valence-corrected chi connectivity index (χ0v) is 19.5. The summed E-state index contributed by atoms with van der Waals surface area (Å²) in [6.07, 6.45) is -2.78. The molecule has 178 valence electrons. The number of carbonyl (C=O) groups excluding carboxylic acids is 1. The predicted molar refractivity (Wildman–Crippen MR) is 134 cm³/mol. The second-order valence-corrected chi connectivity index (χ2v) is 8.07. The Labute approximate surface area is 205 Å². The van der Waals surface area contributed by atoms with Gasteiger partial charge in [-0.2, -0.15) is 0 Å². The Hall–Kier alpha value is -3.93. The van der Waals surface area contributed by atoms with Crippen LogP contribution < -0.4 is 4.74 Å². The van der Waals surface area contributed by atoms with Gasteiger partial charge >= 0.3 is 5.97 Å². The Bertz CT molecular complexity index is 1180. The van der Waals surface area contributed by atoms with Crippen LogP contribution in [0.2, 0.25) is 0 Å². The zero-order chi connectivity index (χ0) is 24.5. The van der Waals surface area contributed by atoms with E-state index in [1.54, 1.807) is 31.4 Å². The lowest BCUT2D eigenvalue weighted by molar-refractivity contribution is -0.170. The number of hydrogen-bond acceptors (Lipinski definition) is 5. The number of aliphatic hydroxyl groups excluding tert-OH is 1. The summed E-state index contributed by atoms with van der Waals surface area (Å²) in [5.74, 6) is 0.0263. The Morgan fingerprint density at radius 2 is 1.17 bits per heavy atom. The van der Waals surface area contributed by atoms with Crippen LogP contribution in [0, 0.1) is 0 Å². The van der Waals surface area contributed by atoms with Crippen LogP contribution in [-0.4, -0.2) is 18.2 Å². The summed E-state index contributed by atoms with van der Waals surface area (Å²) < 4.78 is 17.6. The molecule has 5 heteroatoms. The maximum Gasteiger partial charge on any atom is 0.340 e. The van der Waals surface area contributed by atoms with E-state index in [4.69, 9.17) is 14.2 Å². The highest BCUT2D eigenvalue weighted by Crippen LogP contribution is 2.37. The molecule has 3 atom stereocenters. The Morgan fingerprint density at radius 3 is 1.69 bits per heavy atom. The average molecular weight is 469 g/mol. The van der Waals surface area contributed by atoms with Crippen LogP contribution >= 0.6 is 0 Å². The highest BCUT2D eigenvalue weighted by Gasteiger charge is 2.32. The first-order valence-corrected chi connectivity index (χ1v) is 11.4. The molecule has 0 amide bonds. The second-order valence-electron chi connectivity index (χ2n) is 8.07. The van der Waals surface area contributed by atoms with Crippen molar-refractivity contribution in [2.24, 2.45) is 0 Å². The molecule has 0 saturated carbocycles. The number of benzene rings is 4. The van der Waals surface area contributed by atoms with E-state index in [1.807, 2.05) is 91.0 Å². The van der Waals surface area contributed by atoms with Gasteiger partial charge in [-0.1, -0.05) is 103 Å². The third kappa shape index (κ3) is 6.35. The number of methoxy groups -OCH3 is 1. The summed E-state index contributed by atoms with van der Waals surface area (Å²) in [6.45, 7) is 0.297. The average Bonchev–Trinajstić information content (AvgIpc) is 2.94. The van der Waals surface area contributed by atoms with Gasteiger partial charge in [0.2, 0.25) is 0 Å². The van der Waals surface area contributed by atoms with Gasteiger partial charge in [-0.05, 0) is 34.4 Å². The van der Waals surface area contributed by atoms with Crippen molar-refractivity contribution in [3.8, 4) is 5.75 Å². The number of esters is 1. The molecule has 0 radical (unpaired) electrons. The monoisotopic (exact) mass is 468 g/mol. The minimum Gasteiger partial charge on any atom is -0.497 e. The van der Waals surface area contributed by atoms with Gasteiger partial charge in [0.05, 0.1) is 13.7 Å². The fourth-order valence-electron chi connectivity index (χ4n) is 3.82. The van der Waals surface area contributed by atoms with Crippen LogP contribution in [0.1, 0.15) is 40.6 Å². The first-order chi connectivity index (χ1) is 17.2. The predicted octanol–water partition coefficient (Wildman–Crippen LogP) is 5.97. The van der Waals surface area contributed by atoms with Gasteiger partial charge in [-0.15, -0.1) is 0 Å². The van der Waals surface area contributed by atoms with Crippen LogP contribution in [0.3, 0.4) is 0 Å². The van der Waals surface area contributed by atoms with Crippen LogP contribution in [-0.2, 0) is 20.9 Å². The SMILES string of the molecule is COc1ccc(CO[C@H](c2ccccc2)[C@H](OC(=O)[C@H](O)c2ccccc2)c2ccccc2)cc1. The summed E-state index contributed by atoms with van der Waals surface area (Å²) in [7, 11) is 1.62. The van der Waals surface area contributed by atoms with Crippen molar-refractivity contribution in [1.29, 1.82) is 0 Å². The first kappa shape index (κ1) is 24.2. The quantitative estimate of drug-likeness (QED) is 0.291. The highest BCUT2D eigenvalue weighted by atomic mass is 16.6. The van der Waals surface area contributed by atoms with E-state index in [0.29, 0.717) is 12.2 Å². The third-order valence-corrected chi connectivity index (χ3v) is 5.70. The smallest absolute Gasteiger partial charge is 0.340 e. The maximum absolute atomic E-state index is 13.1. The molecule has 0 bridgehead atoms. The van der Waals surface area contributed by atoms with E-state index in [2.05, 4.69) is 0 Å². The van der Waals surface area contributed by atoms with Crippen LogP contribution in [0.4, 0.5) is 0 Å². The fourth-order valence-corrected chi connectivity index (χ4v) is 3.82. The molecule has 35 heavy (non-hydrogen) atoms. The lowest BCUT2D eigenvalue weighted by atomic mass is 9.97. The van der Waals surface area contributed by atoms with Crippen molar-refractivity contribution in [2.75, 3.05) is 7.11 Å². The number of aliphatic hydroxyl groups is 1. The Morgan fingerprint density at radius 1 is 0.686 bits per heavy atom. The van der Waals surface area contributed by atoms with E-state index in [9.17, 15) is 9.90 Å². The molecule has 0 aliphatic carbocycles. The van der Waals surface area contributed by atoms with Crippen LogP contribution in [0.25, 0.3) is 0 Å². The molecule has 4 rings (SSSR count). The number of ether oxygens (including phenoxy) is 3. The molecule has 0 saturated heterocycles. The standard InChI is InChI=1S/C30H28O5/c1-33-26-19-17-22(18-20-26)21-34-28(24-13-7-3-8-14-24)29(25-15-9-4-10-16-25)35-30(32)27(31)23-11-5-2-6-12-23/h2-20,27-29,31H,21H2,1H3/t27-,28-,29-/m1/s1. The summed E-state index contributed by atoms with van der Waals surface area (Å²) in [6, 6.07) is 35.5. The second kappa shape index (κ2) is 12.0. The van der Waals surface area contributed by atoms with Crippen LogP contribution in [0.15, 0.2) is 115 Å². The van der Waals surface area contributed by atoms with Crippen molar-refractivity contribution in [2.45, 2.75) is 24.9 Å². The molecule has 4 aromatic carbocycles. The van der Waals surface area contributed by atoms with Gasteiger partial charge in [-0.3, -0.25) is 0 Å². The largest absolute Gasteiger partial charge is 0.497 e. The van der Waals surface area contributed by atoms with Crippen molar-refractivity contribution in [1.82, 2.24) is 0 Å². The van der Waals surface area contributed by atoms with E-state index in [1.165, 1.54) is 0 Å². The fraction of sp³-hybridized carbons (Fsp3) is 0.167. The van der Waals surface area contributed by atoms with Gasteiger partial charge < -0.3 is 19.3 Å². The first-order valence-electron chi connectivity index (χ1n) is 11.4. The van der Waals surface area contributed by atoms with Gasteiger partial charge in [-0.25, -0.2) is 4.79 Å². The summed E-state index contributed by atoms with van der Waals surface area (Å²) in [5, 5.41) is 10.7. The molecule has 0 aliphatic rings. The molecule has 0 aromatic heterocycles. The lowest BCUT2D eigenvalue weighted by Crippen LogP contribution is -2.24. The number of rotatable bonds is 10. The summed E-state index contributed by atoms with van der Waals surface area (Å²) in [4.78, 5) is 13.1. The molecule has 4 aromatic rings. The van der Waals surface area contributed by atoms with Crippen molar-refractivity contribution in [3.05, 3.63) is 138 Å². The van der Waals surface area contributed by atoms with Gasteiger partial charge in [0, 0.05) is 0 Å². The minimum absolute atomic E-state index is 0.297. The summed E-state index contributed by atoms with van der Waals surface area (Å²) >= 11 is 0. The van der Waals surface area contributed by atoms with Gasteiger partial charge in [0.1, 0.15) is 11.9 Å². The van der Waals surface area contributed by atoms with E-state index in [0.717, 1.165) is 22.4 Å². The molecule has 0 aliphatic heterocycles. The molecule has 5 nitrogen and oxygen atoms in total. The van der Waals surface area contributed by atoms with Crippen molar-refractivity contribution < 1.29 is 24.1 Å². The van der Waals surface area contributed by atoms with Gasteiger partial charge in [0.25, 0.3) is 0 Å². The highest BCUT2D eigenvalue weighted by molar-refractivity contribution is 5.76. The van der Waals surface area contributed by atoms with Crippen molar-refractivity contribution in [3.63, 3.8) is 0 Å². The minimum atomic E-state index is -1.40. The molecule has 0 fully saturated rings. The summed E-state index contributed by atoms with van der Waals surface area (Å²) in [5.41, 5.74) is 3.05. The van der Waals surface area contributed by atoms with Crippen molar-refractivity contribution >= 4 is 5.97 Å². The molecular weight excluding hydrogens is 440 g/mol. The van der Waals surface area contributed by atoms with Crippen LogP contribution in [0.5, 0.6) is 5.75 Å². The van der Waals surface area contributed by atoms with E-state index in [-0.39, 0.29) is 0 Å². The normalized spacial score (nSPS) is 13.4. The molecule has 0 spiro atoms. The topological polar surface area (TPSA) is 65.0 Å². The number of carbonyl (C=O) groups is 1. The molecule has 0 unspecified atom stereocenters. The molecule has 1 N–H and O–H groups in total. The number of hydrogen-bond donors (Lipinski definition) is 1. The van der Waals surface area contributed by atoms with E-state index >= 15 is 0 Å². The van der Waals surface area contributed by atoms with E-state index < -0.39 is 24.3 Å². The molecule has 0 heterocycles.